The van der Waals surface area contributed by atoms with E-state index in [1.807, 2.05) is 0 Å². The summed E-state index contributed by atoms with van der Waals surface area (Å²) in [6, 6.07) is 0. The monoisotopic (exact) mass is 185 g/mol. The van der Waals surface area contributed by atoms with E-state index < -0.39 is 0 Å². The summed E-state index contributed by atoms with van der Waals surface area (Å²) in [5.74, 6) is 1.77. The first kappa shape index (κ1) is 8.07. The molecule has 1 saturated heterocycles. The molecule has 1 atom stereocenters. The Morgan fingerprint density at radius 3 is 3.42 bits per heavy atom. The molecule has 1 aromatic heterocycles. The van der Waals surface area contributed by atoms with Gasteiger partial charge in [-0.25, -0.2) is 4.98 Å². The maximum Gasteiger partial charge on any atom is 0.183 e. The molecule has 0 bridgehead atoms. The zero-order valence-corrected chi connectivity index (χ0v) is 7.51. The van der Waals surface area contributed by atoms with Gasteiger partial charge >= 0.3 is 0 Å². The van der Waals surface area contributed by atoms with E-state index in [1.54, 1.807) is 11.8 Å². The fourth-order valence-electron chi connectivity index (χ4n) is 1.18. The first-order valence-electron chi connectivity index (χ1n) is 4.01. The summed E-state index contributed by atoms with van der Waals surface area (Å²) in [5, 5.41) is 7.51. The number of H-pyrrole nitrogens is 1. The van der Waals surface area contributed by atoms with Crippen LogP contribution in [0.15, 0.2) is 11.5 Å². The number of aromatic amines is 1. The highest BCUT2D eigenvalue weighted by Crippen LogP contribution is 2.21. The van der Waals surface area contributed by atoms with Crippen molar-refractivity contribution in [2.75, 3.05) is 19.0 Å². The van der Waals surface area contributed by atoms with Gasteiger partial charge in [0.1, 0.15) is 6.33 Å². The van der Waals surface area contributed by atoms with Gasteiger partial charge in [0.15, 0.2) is 5.16 Å². The molecule has 0 amide bonds. The molecule has 0 spiro atoms. The summed E-state index contributed by atoms with van der Waals surface area (Å²) in [5.41, 5.74) is 0. The third-order valence-corrected chi connectivity index (χ3v) is 2.98. The topological polar surface area (TPSA) is 50.8 Å². The van der Waals surface area contributed by atoms with Crippen molar-refractivity contribution in [3.63, 3.8) is 0 Å². The standard InChI is InChI=1S/C7H11N3OS/c1-2-11-3-6(1)4-12-7-8-5-9-10-7/h5-6H,1-4H2,(H,8,9,10). The SMILES string of the molecule is c1n[nH]c(SCC2CCOC2)n1. The van der Waals surface area contributed by atoms with Crippen LogP contribution in [0.4, 0.5) is 0 Å². The predicted octanol–water partition coefficient (Wildman–Crippen LogP) is 0.933. The summed E-state index contributed by atoms with van der Waals surface area (Å²) in [7, 11) is 0. The van der Waals surface area contributed by atoms with E-state index in [-0.39, 0.29) is 0 Å². The number of thioether (sulfide) groups is 1. The Morgan fingerprint density at radius 2 is 2.75 bits per heavy atom. The van der Waals surface area contributed by atoms with Crippen LogP contribution in [0.2, 0.25) is 0 Å². The second-order valence-corrected chi connectivity index (χ2v) is 3.84. The normalized spacial score (nSPS) is 23.2. The Hall–Kier alpha value is -0.550. The van der Waals surface area contributed by atoms with E-state index in [0.29, 0.717) is 5.92 Å². The van der Waals surface area contributed by atoms with Crippen LogP contribution in [0.1, 0.15) is 6.42 Å². The Kier molecular flexibility index (Phi) is 2.63. The zero-order chi connectivity index (χ0) is 8.23. The van der Waals surface area contributed by atoms with Crippen LogP contribution in [-0.2, 0) is 4.74 Å². The van der Waals surface area contributed by atoms with Crippen molar-refractivity contribution in [1.29, 1.82) is 0 Å². The highest BCUT2D eigenvalue weighted by Gasteiger charge is 2.15. The van der Waals surface area contributed by atoms with Crippen molar-refractivity contribution in [1.82, 2.24) is 15.2 Å². The maximum atomic E-state index is 5.27. The second kappa shape index (κ2) is 3.91. The van der Waals surface area contributed by atoms with Gasteiger partial charge < -0.3 is 4.74 Å². The van der Waals surface area contributed by atoms with Gasteiger partial charge in [-0.3, -0.25) is 5.10 Å². The van der Waals surface area contributed by atoms with E-state index in [4.69, 9.17) is 4.74 Å². The smallest absolute Gasteiger partial charge is 0.183 e. The molecule has 1 unspecified atom stereocenters. The zero-order valence-electron chi connectivity index (χ0n) is 6.69. The molecule has 1 N–H and O–H groups in total. The summed E-state index contributed by atoms with van der Waals surface area (Å²) in [6.45, 7) is 1.82. The van der Waals surface area contributed by atoms with Crippen molar-refractivity contribution < 1.29 is 4.74 Å². The molecule has 1 aromatic rings. The molecule has 5 heteroatoms. The van der Waals surface area contributed by atoms with Crippen molar-refractivity contribution in [2.24, 2.45) is 5.92 Å². The lowest BCUT2D eigenvalue weighted by Gasteiger charge is -2.03. The van der Waals surface area contributed by atoms with Gasteiger partial charge in [-0.2, -0.15) is 5.10 Å². The number of hydrogen-bond acceptors (Lipinski definition) is 4. The molecule has 12 heavy (non-hydrogen) atoms. The van der Waals surface area contributed by atoms with E-state index >= 15 is 0 Å². The first-order chi connectivity index (χ1) is 5.95. The average Bonchev–Trinajstić information content (AvgIpc) is 2.74. The van der Waals surface area contributed by atoms with Crippen LogP contribution < -0.4 is 0 Å². The molecule has 2 heterocycles. The van der Waals surface area contributed by atoms with E-state index in [2.05, 4.69) is 15.2 Å². The molecule has 2 rings (SSSR count). The summed E-state index contributed by atoms with van der Waals surface area (Å²) >= 11 is 1.72. The maximum absolute atomic E-state index is 5.27. The van der Waals surface area contributed by atoms with E-state index in [1.165, 1.54) is 12.7 Å². The van der Waals surface area contributed by atoms with E-state index in [9.17, 15) is 0 Å². The second-order valence-electron chi connectivity index (χ2n) is 2.83. The van der Waals surface area contributed by atoms with Crippen molar-refractivity contribution in [3.05, 3.63) is 6.33 Å². The third-order valence-electron chi connectivity index (χ3n) is 1.87. The van der Waals surface area contributed by atoms with Gasteiger partial charge in [0.05, 0.1) is 6.61 Å². The minimum atomic E-state index is 0.695. The molecule has 0 radical (unpaired) electrons. The Bertz CT molecular complexity index is 221. The van der Waals surface area contributed by atoms with E-state index in [0.717, 1.165) is 24.1 Å². The minimum absolute atomic E-state index is 0.695. The largest absolute Gasteiger partial charge is 0.381 e. The molecular formula is C7H11N3OS. The molecule has 0 saturated carbocycles. The fourth-order valence-corrected chi connectivity index (χ4v) is 2.07. The molecule has 1 aliphatic heterocycles. The van der Waals surface area contributed by atoms with Gasteiger partial charge in [-0.15, -0.1) is 0 Å². The summed E-state index contributed by atoms with van der Waals surface area (Å²) in [6.07, 6.45) is 2.72. The number of nitrogens with zero attached hydrogens (tertiary/aromatic N) is 2. The lowest BCUT2D eigenvalue weighted by molar-refractivity contribution is 0.189. The Morgan fingerprint density at radius 1 is 1.75 bits per heavy atom. The van der Waals surface area contributed by atoms with Gasteiger partial charge in [0, 0.05) is 12.4 Å². The first-order valence-corrected chi connectivity index (χ1v) is 4.99. The molecule has 0 aromatic carbocycles. The highest BCUT2D eigenvalue weighted by molar-refractivity contribution is 7.99. The lowest BCUT2D eigenvalue weighted by atomic mass is 10.2. The molecule has 66 valence electrons. The Labute approximate surface area is 75.1 Å². The molecular weight excluding hydrogens is 174 g/mol. The van der Waals surface area contributed by atoms with Gasteiger partial charge in [-0.1, -0.05) is 11.8 Å². The average molecular weight is 185 g/mol. The van der Waals surface area contributed by atoms with Crippen molar-refractivity contribution >= 4 is 11.8 Å². The van der Waals surface area contributed by atoms with Gasteiger partial charge in [0.2, 0.25) is 0 Å². The summed E-state index contributed by atoms with van der Waals surface area (Å²) < 4.78 is 5.27. The van der Waals surface area contributed by atoms with Crippen molar-refractivity contribution in [2.45, 2.75) is 11.6 Å². The number of nitrogens with one attached hydrogen (secondary N) is 1. The molecule has 1 aliphatic rings. The van der Waals surface area contributed by atoms with Crippen LogP contribution in [0.25, 0.3) is 0 Å². The molecule has 4 nitrogen and oxygen atoms in total. The van der Waals surface area contributed by atoms with Crippen LogP contribution in [0.5, 0.6) is 0 Å². The highest BCUT2D eigenvalue weighted by atomic mass is 32.2. The lowest BCUT2D eigenvalue weighted by Crippen LogP contribution is -2.02. The quantitative estimate of drug-likeness (QED) is 0.712. The van der Waals surface area contributed by atoms with Gasteiger partial charge in [0.25, 0.3) is 0 Å². The number of hydrogen-bond donors (Lipinski definition) is 1. The number of aromatic nitrogens is 3. The predicted molar refractivity (Wildman–Crippen MR) is 46.0 cm³/mol. The molecule has 0 aliphatic carbocycles. The van der Waals surface area contributed by atoms with Crippen LogP contribution in [-0.4, -0.2) is 34.1 Å². The van der Waals surface area contributed by atoms with Crippen LogP contribution >= 0.6 is 11.8 Å². The summed E-state index contributed by atoms with van der Waals surface area (Å²) in [4.78, 5) is 4.03. The minimum Gasteiger partial charge on any atom is -0.381 e. The van der Waals surface area contributed by atoms with Crippen molar-refractivity contribution in [3.8, 4) is 0 Å². The third kappa shape index (κ3) is 1.98. The number of ether oxygens (including phenoxy) is 1. The Balaban J connectivity index is 1.74. The van der Waals surface area contributed by atoms with Crippen LogP contribution in [0, 0.1) is 5.92 Å². The fraction of sp³-hybridized carbons (Fsp3) is 0.714. The number of rotatable bonds is 3. The van der Waals surface area contributed by atoms with Gasteiger partial charge in [-0.05, 0) is 12.3 Å². The van der Waals surface area contributed by atoms with Crippen LogP contribution in [0.3, 0.4) is 0 Å². The molecule has 1 fully saturated rings.